The van der Waals surface area contributed by atoms with Crippen molar-refractivity contribution in [3.8, 4) is 0 Å². The molecule has 0 bridgehead atoms. The van der Waals surface area contributed by atoms with Gasteiger partial charge >= 0.3 is 11.9 Å². The highest BCUT2D eigenvalue weighted by molar-refractivity contribution is 5.70. The van der Waals surface area contributed by atoms with Gasteiger partial charge in [0.1, 0.15) is 6.61 Å². The zero-order valence-corrected chi connectivity index (χ0v) is 38.6. The van der Waals surface area contributed by atoms with Crippen LogP contribution in [0.1, 0.15) is 239 Å². The van der Waals surface area contributed by atoms with Crippen LogP contribution in [0.2, 0.25) is 0 Å². The maximum absolute atomic E-state index is 12.7. The van der Waals surface area contributed by atoms with Gasteiger partial charge in [-0.15, -0.1) is 0 Å². The Morgan fingerprint density at radius 3 is 1.26 bits per heavy atom. The molecule has 0 aliphatic heterocycles. The molecule has 0 N–H and O–H groups in total. The van der Waals surface area contributed by atoms with Crippen LogP contribution < -0.4 is 0 Å². The number of hydrogen-bond donors (Lipinski definition) is 0. The number of hydrogen-bond acceptors (Lipinski definition) is 5. The number of carbonyl (C=O) groups is 2. The van der Waals surface area contributed by atoms with Crippen LogP contribution >= 0.6 is 0 Å². The summed E-state index contributed by atoms with van der Waals surface area (Å²) in [7, 11) is 0. The van der Waals surface area contributed by atoms with Gasteiger partial charge in [0.25, 0.3) is 0 Å². The molecule has 0 saturated carbocycles. The molecule has 0 aliphatic carbocycles. The Kier molecular flexibility index (Phi) is 46.9. The van der Waals surface area contributed by atoms with Crippen LogP contribution in [0.15, 0.2) is 60.8 Å². The fourth-order valence-corrected chi connectivity index (χ4v) is 6.85. The second kappa shape index (κ2) is 49.0. The van der Waals surface area contributed by atoms with Gasteiger partial charge in [-0.1, -0.05) is 204 Å². The summed E-state index contributed by atoms with van der Waals surface area (Å²) in [6.07, 6.45) is 60.9. The largest absolute Gasteiger partial charge is 0.462 e. The summed E-state index contributed by atoms with van der Waals surface area (Å²) < 4.78 is 17.3. The molecule has 0 aromatic heterocycles. The number of rotatable bonds is 45. The molecule has 336 valence electrons. The SMILES string of the molecule is CC/C=C\C/C=C\C/C=C\C/C=C\CCCCCCC(=O)OCC(COCCCCCCCCCC/C=C\CCCCCCCC)OC(=O)CCCCCCCCC. The van der Waals surface area contributed by atoms with E-state index in [1.165, 1.54) is 122 Å². The molecule has 0 amide bonds. The van der Waals surface area contributed by atoms with E-state index in [2.05, 4.69) is 81.5 Å². The summed E-state index contributed by atoms with van der Waals surface area (Å²) >= 11 is 0. The van der Waals surface area contributed by atoms with Crippen molar-refractivity contribution in [2.24, 2.45) is 0 Å². The molecule has 0 heterocycles. The molecule has 0 fully saturated rings. The lowest BCUT2D eigenvalue weighted by molar-refractivity contribution is -0.163. The molecule has 0 saturated heterocycles. The van der Waals surface area contributed by atoms with E-state index in [0.717, 1.165) is 83.5 Å². The molecule has 0 aromatic carbocycles. The van der Waals surface area contributed by atoms with Crippen LogP contribution in [0.3, 0.4) is 0 Å². The highest BCUT2D eigenvalue weighted by atomic mass is 16.6. The summed E-state index contributed by atoms with van der Waals surface area (Å²) in [6, 6.07) is 0. The third-order valence-corrected chi connectivity index (χ3v) is 10.5. The van der Waals surface area contributed by atoms with E-state index in [-0.39, 0.29) is 25.2 Å². The Morgan fingerprint density at radius 2 is 0.776 bits per heavy atom. The topological polar surface area (TPSA) is 61.8 Å². The highest BCUT2D eigenvalue weighted by Gasteiger charge is 2.17. The standard InChI is InChI=1S/C53H94O5/c1-4-7-10-13-16-18-20-22-24-26-28-30-32-34-36-39-42-45-48-56-49-51(58-53(55)47-44-41-37-15-12-9-6-3)50-57-52(54)46-43-40-38-35-33-31-29-27-25-23-21-19-17-14-11-8-5-2/h8,11,17,19,22-25,29,31,51H,4-7,9-10,12-16,18,20-21,26-28,30,32-50H2,1-3H3/b11-8-,19-17-,24-22-,25-23-,31-29-. The Bertz CT molecular complexity index is 1010. The van der Waals surface area contributed by atoms with E-state index < -0.39 is 6.10 Å². The zero-order chi connectivity index (χ0) is 42.1. The van der Waals surface area contributed by atoms with E-state index >= 15 is 0 Å². The molecule has 0 rings (SSSR count). The van der Waals surface area contributed by atoms with Crippen molar-refractivity contribution in [3.05, 3.63) is 60.8 Å². The summed E-state index contributed by atoms with van der Waals surface area (Å²) in [5.74, 6) is -0.428. The van der Waals surface area contributed by atoms with E-state index in [9.17, 15) is 9.59 Å². The maximum Gasteiger partial charge on any atom is 0.306 e. The van der Waals surface area contributed by atoms with Crippen molar-refractivity contribution in [3.63, 3.8) is 0 Å². The van der Waals surface area contributed by atoms with Gasteiger partial charge in [-0.05, 0) is 83.5 Å². The normalized spacial score (nSPS) is 12.7. The van der Waals surface area contributed by atoms with Gasteiger partial charge in [0, 0.05) is 19.4 Å². The smallest absolute Gasteiger partial charge is 0.306 e. The number of ether oxygens (including phenoxy) is 3. The monoisotopic (exact) mass is 811 g/mol. The maximum atomic E-state index is 12.7. The van der Waals surface area contributed by atoms with Crippen molar-refractivity contribution < 1.29 is 23.8 Å². The average molecular weight is 811 g/mol. The zero-order valence-electron chi connectivity index (χ0n) is 38.6. The van der Waals surface area contributed by atoms with E-state index in [1.807, 2.05) is 0 Å². The lowest BCUT2D eigenvalue weighted by Crippen LogP contribution is -2.30. The van der Waals surface area contributed by atoms with E-state index in [0.29, 0.717) is 19.4 Å². The molecule has 0 aliphatic rings. The number of unbranched alkanes of at least 4 members (excludes halogenated alkanes) is 24. The second-order valence-electron chi connectivity index (χ2n) is 16.3. The Morgan fingerprint density at radius 1 is 0.397 bits per heavy atom. The molecular weight excluding hydrogens is 717 g/mol. The lowest BCUT2D eigenvalue weighted by atomic mass is 10.1. The minimum atomic E-state index is -0.544. The van der Waals surface area contributed by atoms with Crippen LogP contribution in [0.4, 0.5) is 0 Å². The van der Waals surface area contributed by atoms with E-state index in [4.69, 9.17) is 14.2 Å². The molecule has 1 unspecified atom stereocenters. The third kappa shape index (κ3) is 46.3. The third-order valence-electron chi connectivity index (χ3n) is 10.5. The van der Waals surface area contributed by atoms with Crippen LogP contribution in [-0.2, 0) is 23.8 Å². The molecule has 1 atom stereocenters. The minimum Gasteiger partial charge on any atom is -0.462 e. The highest BCUT2D eigenvalue weighted by Crippen LogP contribution is 2.14. The molecule has 0 radical (unpaired) electrons. The first-order valence-electron chi connectivity index (χ1n) is 24.8. The van der Waals surface area contributed by atoms with Crippen LogP contribution in [0.25, 0.3) is 0 Å². The first-order valence-corrected chi connectivity index (χ1v) is 24.8. The number of esters is 2. The van der Waals surface area contributed by atoms with Crippen molar-refractivity contribution in [1.82, 2.24) is 0 Å². The van der Waals surface area contributed by atoms with Gasteiger partial charge < -0.3 is 14.2 Å². The summed E-state index contributed by atoms with van der Waals surface area (Å²) in [6.45, 7) is 7.66. The van der Waals surface area contributed by atoms with Crippen molar-refractivity contribution in [1.29, 1.82) is 0 Å². The Balaban J connectivity index is 4.16. The number of allylic oxidation sites excluding steroid dienone is 10. The second-order valence-corrected chi connectivity index (χ2v) is 16.3. The minimum absolute atomic E-state index is 0.0718. The molecule has 5 heteroatoms. The van der Waals surface area contributed by atoms with Gasteiger partial charge in [0.15, 0.2) is 6.10 Å². The summed E-state index contributed by atoms with van der Waals surface area (Å²) in [4.78, 5) is 25.2. The predicted octanol–water partition coefficient (Wildman–Crippen LogP) is 16.6. The van der Waals surface area contributed by atoms with Crippen molar-refractivity contribution in [2.45, 2.75) is 245 Å². The summed E-state index contributed by atoms with van der Waals surface area (Å²) in [5, 5.41) is 0. The Hall–Kier alpha value is -2.40. The molecule has 0 aromatic rings. The molecule has 58 heavy (non-hydrogen) atoms. The van der Waals surface area contributed by atoms with Gasteiger partial charge in [-0.25, -0.2) is 0 Å². The lowest BCUT2D eigenvalue weighted by Gasteiger charge is -2.18. The van der Waals surface area contributed by atoms with Crippen LogP contribution in [-0.4, -0.2) is 37.9 Å². The van der Waals surface area contributed by atoms with E-state index in [1.54, 1.807) is 0 Å². The van der Waals surface area contributed by atoms with Gasteiger partial charge in [0.2, 0.25) is 0 Å². The number of carbonyl (C=O) groups excluding carboxylic acids is 2. The first kappa shape index (κ1) is 55.6. The first-order chi connectivity index (χ1) is 28.6. The van der Waals surface area contributed by atoms with Crippen LogP contribution in [0, 0.1) is 0 Å². The summed E-state index contributed by atoms with van der Waals surface area (Å²) in [5.41, 5.74) is 0. The van der Waals surface area contributed by atoms with Gasteiger partial charge in [0.05, 0.1) is 6.61 Å². The fourth-order valence-electron chi connectivity index (χ4n) is 6.85. The Labute approximate surface area is 360 Å². The quantitative estimate of drug-likeness (QED) is 0.0348. The predicted molar refractivity (Wildman–Crippen MR) is 251 cm³/mol. The van der Waals surface area contributed by atoms with Gasteiger partial charge in [-0.3, -0.25) is 9.59 Å². The molecule has 5 nitrogen and oxygen atoms in total. The van der Waals surface area contributed by atoms with Crippen molar-refractivity contribution in [2.75, 3.05) is 19.8 Å². The molecular formula is C53H94O5. The molecule has 0 spiro atoms. The van der Waals surface area contributed by atoms with Gasteiger partial charge in [-0.2, -0.15) is 0 Å². The van der Waals surface area contributed by atoms with Crippen LogP contribution in [0.5, 0.6) is 0 Å². The average Bonchev–Trinajstić information content (AvgIpc) is 3.22. The van der Waals surface area contributed by atoms with Crippen molar-refractivity contribution >= 4 is 11.9 Å². The fraction of sp³-hybridized carbons (Fsp3) is 0.774.